The minimum absolute atomic E-state index is 0.807. The molecule has 2 rings (SSSR count). The van der Waals surface area contributed by atoms with E-state index in [1.807, 2.05) is 6.07 Å². The molecule has 0 aromatic heterocycles. The third-order valence-corrected chi connectivity index (χ3v) is 3.98. The van der Waals surface area contributed by atoms with E-state index in [0.717, 1.165) is 43.7 Å². The lowest BCUT2D eigenvalue weighted by molar-refractivity contribution is 0.309. The number of aryl methyl sites for hydroxylation is 3. The van der Waals surface area contributed by atoms with Crippen LogP contribution in [0.2, 0.25) is 0 Å². The van der Waals surface area contributed by atoms with Gasteiger partial charge in [0.1, 0.15) is 5.75 Å². The van der Waals surface area contributed by atoms with E-state index < -0.39 is 0 Å². The minimum atomic E-state index is 0.807. The fraction of sp³-hybridized carbons (Fsp3) is 0.400. The van der Waals surface area contributed by atoms with E-state index in [1.165, 1.54) is 23.1 Å². The molecule has 0 spiro atoms. The highest BCUT2D eigenvalue weighted by molar-refractivity contribution is 5.48. The van der Waals surface area contributed by atoms with Crippen molar-refractivity contribution in [1.82, 2.24) is 0 Å². The number of rotatable bonds is 8. The van der Waals surface area contributed by atoms with E-state index in [-0.39, 0.29) is 0 Å². The summed E-state index contributed by atoms with van der Waals surface area (Å²) in [5, 5.41) is 0. The van der Waals surface area contributed by atoms with E-state index in [1.54, 1.807) is 0 Å². The standard InChI is InChI=1S/C20H27NO/c1-3-5-14-22-19-11-8-16(9-12-19)6-7-17-10-13-20(21)18(4-2)15-17/h8-13,15H,3-7,14,21H2,1-2H3. The van der Waals surface area contributed by atoms with Gasteiger partial charge in [-0.25, -0.2) is 0 Å². The van der Waals surface area contributed by atoms with Crippen LogP contribution in [0.15, 0.2) is 42.5 Å². The van der Waals surface area contributed by atoms with Gasteiger partial charge >= 0.3 is 0 Å². The van der Waals surface area contributed by atoms with Gasteiger partial charge in [-0.1, -0.05) is 44.5 Å². The number of benzene rings is 2. The van der Waals surface area contributed by atoms with Crippen LogP contribution >= 0.6 is 0 Å². The van der Waals surface area contributed by atoms with E-state index in [2.05, 4.69) is 50.2 Å². The number of nitrogens with two attached hydrogens (primary N) is 1. The molecule has 0 atom stereocenters. The Morgan fingerprint density at radius 1 is 0.909 bits per heavy atom. The summed E-state index contributed by atoms with van der Waals surface area (Å²) in [5.41, 5.74) is 10.8. The maximum Gasteiger partial charge on any atom is 0.119 e. The fourth-order valence-electron chi connectivity index (χ4n) is 2.50. The van der Waals surface area contributed by atoms with Crippen molar-refractivity contribution in [3.8, 4) is 5.75 Å². The van der Waals surface area contributed by atoms with Crippen LogP contribution in [0.4, 0.5) is 5.69 Å². The second kappa shape index (κ2) is 8.47. The van der Waals surface area contributed by atoms with E-state index >= 15 is 0 Å². The molecule has 0 heterocycles. The summed E-state index contributed by atoms with van der Waals surface area (Å²) in [7, 11) is 0. The number of hydrogen-bond acceptors (Lipinski definition) is 2. The third-order valence-electron chi connectivity index (χ3n) is 3.98. The maximum atomic E-state index is 5.96. The molecule has 0 fully saturated rings. The van der Waals surface area contributed by atoms with E-state index in [4.69, 9.17) is 10.5 Å². The number of ether oxygens (including phenoxy) is 1. The molecule has 0 amide bonds. The van der Waals surface area contributed by atoms with Crippen molar-refractivity contribution < 1.29 is 4.74 Å². The molecule has 0 aliphatic heterocycles. The van der Waals surface area contributed by atoms with Crippen LogP contribution in [0, 0.1) is 0 Å². The molecule has 0 saturated carbocycles. The zero-order valence-electron chi connectivity index (χ0n) is 13.8. The highest BCUT2D eigenvalue weighted by atomic mass is 16.5. The molecule has 0 bridgehead atoms. The largest absolute Gasteiger partial charge is 0.494 e. The van der Waals surface area contributed by atoms with Crippen molar-refractivity contribution in [1.29, 1.82) is 0 Å². The number of unbranched alkanes of at least 4 members (excludes halogenated alkanes) is 1. The third kappa shape index (κ3) is 4.80. The topological polar surface area (TPSA) is 35.2 Å². The number of hydrogen-bond donors (Lipinski definition) is 1. The molecule has 118 valence electrons. The highest BCUT2D eigenvalue weighted by Crippen LogP contribution is 2.18. The average molecular weight is 297 g/mol. The summed E-state index contributed by atoms with van der Waals surface area (Å²) in [6, 6.07) is 14.9. The van der Waals surface area contributed by atoms with Crippen molar-refractivity contribution >= 4 is 5.69 Å². The molecule has 0 aliphatic rings. The summed E-state index contributed by atoms with van der Waals surface area (Å²) in [6.45, 7) is 5.13. The lowest BCUT2D eigenvalue weighted by Crippen LogP contribution is -1.98. The Hall–Kier alpha value is -1.96. The monoisotopic (exact) mass is 297 g/mol. The molecule has 2 nitrogen and oxygen atoms in total. The Kier molecular flexibility index (Phi) is 6.32. The number of nitrogen functional groups attached to an aromatic ring is 1. The zero-order chi connectivity index (χ0) is 15.8. The maximum absolute atomic E-state index is 5.96. The quantitative estimate of drug-likeness (QED) is 0.561. The molecule has 0 aliphatic carbocycles. The van der Waals surface area contributed by atoms with Gasteiger partial charge in [-0.05, 0) is 60.6 Å². The summed E-state index contributed by atoms with van der Waals surface area (Å²) >= 11 is 0. The molecule has 2 N–H and O–H groups in total. The molecule has 0 unspecified atom stereocenters. The molecule has 0 radical (unpaired) electrons. The Bertz CT molecular complexity index is 575. The lowest BCUT2D eigenvalue weighted by atomic mass is 10.0. The first-order valence-electron chi connectivity index (χ1n) is 8.32. The summed E-state index contributed by atoms with van der Waals surface area (Å²) in [4.78, 5) is 0. The Balaban J connectivity index is 1.88. The molecule has 2 heteroatoms. The number of anilines is 1. The average Bonchev–Trinajstić information content (AvgIpc) is 2.55. The van der Waals surface area contributed by atoms with Crippen LogP contribution < -0.4 is 10.5 Å². The van der Waals surface area contributed by atoms with Gasteiger partial charge in [0.25, 0.3) is 0 Å². The van der Waals surface area contributed by atoms with Gasteiger partial charge in [-0.2, -0.15) is 0 Å². The zero-order valence-corrected chi connectivity index (χ0v) is 13.8. The highest BCUT2D eigenvalue weighted by Gasteiger charge is 2.01. The van der Waals surface area contributed by atoms with E-state index in [9.17, 15) is 0 Å². The smallest absolute Gasteiger partial charge is 0.119 e. The molecule has 2 aromatic rings. The summed E-state index contributed by atoms with van der Waals surface area (Å²) in [6.07, 6.45) is 5.35. The van der Waals surface area contributed by atoms with Crippen molar-refractivity contribution in [3.05, 3.63) is 59.2 Å². The Morgan fingerprint density at radius 2 is 1.59 bits per heavy atom. The van der Waals surface area contributed by atoms with Crippen LogP contribution in [0.25, 0.3) is 0 Å². The van der Waals surface area contributed by atoms with Gasteiger partial charge in [0.2, 0.25) is 0 Å². The molecular formula is C20H27NO. The molecule has 0 saturated heterocycles. The van der Waals surface area contributed by atoms with Gasteiger partial charge in [0, 0.05) is 5.69 Å². The Labute approximate surface area is 134 Å². The lowest BCUT2D eigenvalue weighted by Gasteiger charge is -2.08. The summed E-state index contributed by atoms with van der Waals surface area (Å²) < 4.78 is 5.69. The van der Waals surface area contributed by atoms with Crippen molar-refractivity contribution in [2.45, 2.75) is 46.0 Å². The second-order valence-corrected chi connectivity index (χ2v) is 5.73. The minimum Gasteiger partial charge on any atom is -0.494 e. The first-order valence-corrected chi connectivity index (χ1v) is 8.32. The van der Waals surface area contributed by atoms with Gasteiger partial charge < -0.3 is 10.5 Å². The SMILES string of the molecule is CCCCOc1ccc(CCc2ccc(N)c(CC)c2)cc1. The predicted molar refractivity (Wildman–Crippen MR) is 94.5 cm³/mol. The molecular weight excluding hydrogens is 270 g/mol. The van der Waals surface area contributed by atoms with Gasteiger partial charge in [0.15, 0.2) is 0 Å². The van der Waals surface area contributed by atoms with Gasteiger partial charge in [-0.3, -0.25) is 0 Å². The van der Waals surface area contributed by atoms with Gasteiger partial charge in [0.05, 0.1) is 6.61 Å². The van der Waals surface area contributed by atoms with Crippen LogP contribution in [-0.2, 0) is 19.3 Å². The second-order valence-electron chi connectivity index (χ2n) is 5.73. The van der Waals surface area contributed by atoms with Crippen LogP contribution in [0.1, 0.15) is 43.4 Å². The first kappa shape index (κ1) is 16.4. The van der Waals surface area contributed by atoms with Crippen molar-refractivity contribution in [3.63, 3.8) is 0 Å². The normalized spacial score (nSPS) is 10.6. The van der Waals surface area contributed by atoms with Crippen LogP contribution in [0.3, 0.4) is 0 Å². The first-order chi connectivity index (χ1) is 10.7. The summed E-state index contributed by atoms with van der Waals surface area (Å²) in [5.74, 6) is 0.970. The molecule has 2 aromatic carbocycles. The molecule has 22 heavy (non-hydrogen) atoms. The fourth-order valence-corrected chi connectivity index (χ4v) is 2.50. The van der Waals surface area contributed by atoms with E-state index in [0.29, 0.717) is 0 Å². The Morgan fingerprint density at radius 3 is 2.27 bits per heavy atom. The van der Waals surface area contributed by atoms with Gasteiger partial charge in [-0.15, -0.1) is 0 Å². The van der Waals surface area contributed by atoms with Crippen LogP contribution in [0.5, 0.6) is 5.75 Å². The van der Waals surface area contributed by atoms with Crippen molar-refractivity contribution in [2.24, 2.45) is 0 Å². The van der Waals surface area contributed by atoms with Crippen molar-refractivity contribution in [2.75, 3.05) is 12.3 Å². The van der Waals surface area contributed by atoms with Crippen LogP contribution in [-0.4, -0.2) is 6.61 Å². The predicted octanol–water partition coefficient (Wildman–Crippen LogP) is 4.80.